The van der Waals surface area contributed by atoms with Crippen molar-refractivity contribution < 1.29 is 8.42 Å². The van der Waals surface area contributed by atoms with Crippen molar-refractivity contribution in [3.8, 4) is 6.07 Å². The Morgan fingerprint density at radius 2 is 2.13 bits per heavy atom. The van der Waals surface area contributed by atoms with Crippen molar-refractivity contribution in [1.29, 1.82) is 5.26 Å². The van der Waals surface area contributed by atoms with Crippen LogP contribution in [0.1, 0.15) is 18.1 Å². The van der Waals surface area contributed by atoms with Crippen LogP contribution in [0.4, 0.5) is 0 Å². The third kappa shape index (κ3) is 2.71. The molecule has 0 aliphatic carbocycles. The first-order valence-electron chi connectivity index (χ1n) is 4.07. The molecule has 6 heteroatoms. The van der Waals surface area contributed by atoms with Gasteiger partial charge in [0.15, 0.2) is 0 Å². The SMILES string of the molecule is CCc1cc(C#N)cc(S(=O)(=O)Cl)c1Br. The molecule has 0 saturated heterocycles. The molecule has 1 aromatic rings. The van der Waals surface area contributed by atoms with E-state index >= 15 is 0 Å². The first kappa shape index (κ1) is 12.5. The highest BCUT2D eigenvalue weighted by molar-refractivity contribution is 9.10. The summed E-state index contributed by atoms with van der Waals surface area (Å²) in [4.78, 5) is -0.0555. The molecule has 1 aromatic carbocycles. The third-order valence-corrected chi connectivity index (χ3v) is 4.43. The van der Waals surface area contributed by atoms with Crippen LogP contribution in [0, 0.1) is 11.3 Å². The van der Waals surface area contributed by atoms with Gasteiger partial charge < -0.3 is 0 Å². The summed E-state index contributed by atoms with van der Waals surface area (Å²) in [5.41, 5.74) is 1.03. The molecule has 0 aromatic heterocycles. The second-order valence-electron chi connectivity index (χ2n) is 2.85. The first-order valence-corrected chi connectivity index (χ1v) is 7.17. The highest BCUT2D eigenvalue weighted by atomic mass is 79.9. The zero-order chi connectivity index (χ0) is 11.6. The molecule has 0 fully saturated rings. The van der Waals surface area contributed by atoms with Crippen LogP contribution in [0.25, 0.3) is 0 Å². The minimum atomic E-state index is -3.82. The Morgan fingerprint density at radius 3 is 2.53 bits per heavy atom. The number of nitriles is 1. The van der Waals surface area contributed by atoms with Gasteiger partial charge in [-0.3, -0.25) is 0 Å². The molecule has 0 saturated carbocycles. The summed E-state index contributed by atoms with van der Waals surface area (Å²) < 4.78 is 22.9. The molecule has 0 heterocycles. The van der Waals surface area contributed by atoms with Crippen LogP contribution in [0.5, 0.6) is 0 Å². The lowest BCUT2D eigenvalue weighted by Gasteiger charge is -2.06. The minimum Gasteiger partial charge on any atom is -0.207 e. The van der Waals surface area contributed by atoms with E-state index in [1.807, 2.05) is 13.0 Å². The highest BCUT2D eigenvalue weighted by Gasteiger charge is 2.17. The van der Waals surface area contributed by atoms with Crippen molar-refractivity contribution >= 4 is 35.7 Å². The second kappa shape index (κ2) is 4.52. The Balaban J connectivity index is 3.60. The summed E-state index contributed by atoms with van der Waals surface area (Å²) in [6.45, 7) is 1.87. The largest absolute Gasteiger partial charge is 0.262 e. The van der Waals surface area contributed by atoms with Crippen molar-refractivity contribution in [3.05, 3.63) is 27.7 Å². The van der Waals surface area contributed by atoms with Gasteiger partial charge in [0.2, 0.25) is 0 Å². The summed E-state index contributed by atoms with van der Waals surface area (Å²) in [5.74, 6) is 0. The van der Waals surface area contributed by atoms with E-state index in [1.54, 1.807) is 6.07 Å². The number of halogens is 2. The van der Waals surface area contributed by atoms with E-state index in [0.717, 1.165) is 5.56 Å². The average Bonchev–Trinajstić information content (AvgIpc) is 2.16. The number of hydrogen-bond donors (Lipinski definition) is 0. The molecule has 0 unspecified atom stereocenters. The highest BCUT2D eigenvalue weighted by Crippen LogP contribution is 2.30. The molecule has 0 atom stereocenters. The van der Waals surface area contributed by atoms with Crippen molar-refractivity contribution in [3.63, 3.8) is 0 Å². The van der Waals surface area contributed by atoms with Gasteiger partial charge in [0.1, 0.15) is 0 Å². The van der Waals surface area contributed by atoms with Crippen LogP contribution in [0.2, 0.25) is 0 Å². The van der Waals surface area contributed by atoms with Gasteiger partial charge in [0.25, 0.3) is 9.05 Å². The Hall–Kier alpha value is -0.570. The molecular formula is C9H7BrClNO2S. The Morgan fingerprint density at radius 1 is 1.53 bits per heavy atom. The molecule has 15 heavy (non-hydrogen) atoms. The predicted octanol–water partition coefficient (Wildman–Crippen LogP) is 2.81. The molecule has 0 aliphatic rings. The van der Waals surface area contributed by atoms with Gasteiger partial charge >= 0.3 is 0 Å². The topological polar surface area (TPSA) is 57.9 Å². The van der Waals surface area contributed by atoms with Crippen LogP contribution in [0.15, 0.2) is 21.5 Å². The standard InChI is InChI=1S/C9H7BrClNO2S/c1-2-7-3-6(5-12)4-8(9(7)10)15(11,13)14/h3-4H,2H2,1H3. The maximum absolute atomic E-state index is 11.2. The maximum Gasteiger partial charge on any atom is 0.262 e. The Labute approximate surface area is 101 Å². The fourth-order valence-electron chi connectivity index (χ4n) is 1.15. The number of aryl methyl sites for hydroxylation is 1. The molecule has 0 spiro atoms. The van der Waals surface area contributed by atoms with E-state index < -0.39 is 9.05 Å². The zero-order valence-corrected chi connectivity index (χ0v) is 10.9. The van der Waals surface area contributed by atoms with E-state index in [0.29, 0.717) is 10.9 Å². The lowest BCUT2D eigenvalue weighted by molar-refractivity contribution is 0.609. The average molecular weight is 309 g/mol. The van der Waals surface area contributed by atoms with Gasteiger partial charge in [0.05, 0.1) is 16.5 Å². The molecule has 1 rings (SSSR count). The van der Waals surface area contributed by atoms with Crippen molar-refractivity contribution in [2.45, 2.75) is 18.2 Å². The third-order valence-electron chi connectivity index (χ3n) is 1.89. The molecule has 80 valence electrons. The predicted molar refractivity (Wildman–Crippen MR) is 61.3 cm³/mol. The smallest absolute Gasteiger partial charge is 0.207 e. The second-order valence-corrected chi connectivity index (χ2v) is 6.18. The zero-order valence-electron chi connectivity index (χ0n) is 7.79. The first-order chi connectivity index (χ1) is 6.90. The number of rotatable bonds is 2. The maximum atomic E-state index is 11.2. The molecule has 0 amide bonds. The van der Waals surface area contributed by atoms with Crippen LogP contribution in [0.3, 0.4) is 0 Å². The summed E-state index contributed by atoms with van der Waals surface area (Å²) >= 11 is 3.17. The summed E-state index contributed by atoms with van der Waals surface area (Å²) in [7, 11) is 1.43. The summed E-state index contributed by atoms with van der Waals surface area (Å²) in [6.07, 6.45) is 0.621. The fraction of sp³-hybridized carbons (Fsp3) is 0.222. The quantitative estimate of drug-likeness (QED) is 0.789. The van der Waals surface area contributed by atoms with Crippen LogP contribution < -0.4 is 0 Å². The molecule has 0 aliphatic heterocycles. The van der Waals surface area contributed by atoms with Crippen molar-refractivity contribution in [2.24, 2.45) is 0 Å². The van der Waals surface area contributed by atoms with E-state index in [2.05, 4.69) is 15.9 Å². The molecule has 0 radical (unpaired) electrons. The Bertz CT molecular complexity index is 534. The van der Waals surface area contributed by atoms with Gasteiger partial charge in [-0.15, -0.1) is 0 Å². The molecular weight excluding hydrogens is 302 g/mol. The lowest BCUT2D eigenvalue weighted by Crippen LogP contribution is -1.97. The molecule has 0 N–H and O–H groups in total. The number of benzene rings is 1. The minimum absolute atomic E-state index is 0.0555. The summed E-state index contributed by atoms with van der Waals surface area (Å²) in [6, 6.07) is 4.79. The van der Waals surface area contributed by atoms with Crippen LogP contribution >= 0.6 is 26.6 Å². The van der Waals surface area contributed by atoms with E-state index in [4.69, 9.17) is 15.9 Å². The van der Waals surface area contributed by atoms with Gasteiger partial charge in [-0.2, -0.15) is 5.26 Å². The lowest BCUT2D eigenvalue weighted by atomic mass is 10.1. The number of nitrogens with zero attached hydrogens (tertiary/aromatic N) is 1. The van der Waals surface area contributed by atoms with Crippen molar-refractivity contribution in [1.82, 2.24) is 0 Å². The molecule has 3 nitrogen and oxygen atoms in total. The van der Waals surface area contributed by atoms with Crippen LogP contribution in [-0.2, 0) is 15.5 Å². The number of hydrogen-bond acceptors (Lipinski definition) is 3. The van der Waals surface area contributed by atoms with Gasteiger partial charge in [-0.1, -0.05) is 6.92 Å². The normalized spacial score (nSPS) is 11.1. The van der Waals surface area contributed by atoms with E-state index in [-0.39, 0.29) is 10.5 Å². The van der Waals surface area contributed by atoms with Gasteiger partial charge in [-0.05, 0) is 40.0 Å². The van der Waals surface area contributed by atoms with E-state index in [9.17, 15) is 8.42 Å². The van der Waals surface area contributed by atoms with E-state index in [1.165, 1.54) is 6.07 Å². The van der Waals surface area contributed by atoms with Gasteiger partial charge in [0, 0.05) is 15.2 Å². The Kier molecular flexibility index (Phi) is 3.77. The monoisotopic (exact) mass is 307 g/mol. The van der Waals surface area contributed by atoms with Crippen molar-refractivity contribution in [2.75, 3.05) is 0 Å². The van der Waals surface area contributed by atoms with Gasteiger partial charge in [-0.25, -0.2) is 8.42 Å². The van der Waals surface area contributed by atoms with Crippen LogP contribution in [-0.4, -0.2) is 8.42 Å². The fourth-order valence-corrected chi connectivity index (χ4v) is 3.56. The summed E-state index contributed by atoms with van der Waals surface area (Å²) in [5, 5.41) is 8.74. The molecule has 0 bridgehead atoms.